The van der Waals surface area contributed by atoms with E-state index >= 15 is 0 Å². The predicted octanol–water partition coefficient (Wildman–Crippen LogP) is 3.97. The molecule has 2 aliphatic heterocycles. The molecule has 0 unspecified atom stereocenters. The normalized spacial score (nSPS) is 22.8. The van der Waals surface area contributed by atoms with Crippen LogP contribution in [0.3, 0.4) is 0 Å². The Labute approximate surface area is 179 Å². The van der Waals surface area contributed by atoms with Gasteiger partial charge in [-0.1, -0.05) is 30.7 Å². The third-order valence-electron chi connectivity index (χ3n) is 6.61. The Morgan fingerprint density at radius 3 is 2.77 bits per heavy atom. The minimum Gasteiger partial charge on any atom is -0.491 e. The lowest BCUT2D eigenvalue weighted by Gasteiger charge is -2.41. The maximum atomic E-state index is 13.3. The van der Waals surface area contributed by atoms with Gasteiger partial charge in [0.05, 0.1) is 11.5 Å². The van der Waals surface area contributed by atoms with Crippen LogP contribution in [-0.4, -0.2) is 41.5 Å². The van der Waals surface area contributed by atoms with Gasteiger partial charge in [-0.25, -0.2) is 0 Å². The molecule has 1 atom stereocenters. The number of carbonyl (C=O) groups excluding carboxylic acids is 1. The number of piperidine rings is 1. The van der Waals surface area contributed by atoms with Gasteiger partial charge in [-0.2, -0.15) is 0 Å². The molecule has 2 aromatic rings. The molecule has 0 saturated carbocycles. The average Bonchev–Trinajstić information content (AvgIpc) is 2.77. The summed E-state index contributed by atoms with van der Waals surface area (Å²) in [6.45, 7) is 5.36. The fourth-order valence-electron chi connectivity index (χ4n) is 4.74. The van der Waals surface area contributed by atoms with E-state index in [0.717, 1.165) is 63.9 Å². The summed E-state index contributed by atoms with van der Waals surface area (Å²) in [4.78, 5) is 20.0. The number of ether oxygens (including phenoxy) is 1. The number of para-hydroxylation sites is 1. The average molecular weight is 408 g/mol. The van der Waals surface area contributed by atoms with E-state index in [4.69, 9.17) is 4.74 Å². The fraction of sp³-hybridized carbons (Fsp3) is 0.520. The number of hydrogen-bond donors (Lipinski definition) is 1. The minimum atomic E-state index is -0.252. The number of nitrogens with zero attached hydrogens (tertiary/aromatic N) is 2. The van der Waals surface area contributed by atoms with E-state index in [2.05, 4.69) is 33.4 Å². The van der Waals surface area contributed by atoms with Gasteiger partial charge in [-0.05, 0) is 75.4 Å². The summed E-state index contributed by atoms with van der Waals surface area (Å²) in [5.74, 6) is 1.17. The number of benzene rings is 1. The topological polar surface area (TPSA) is 54.5 Å². The van der Waals surface area contributed by atoms with Crippen molar-refractivity contribution in [2.24, 2.45) is 5.41 Å². The van der Waals surface area contributed by atoms with E-state index in [-0.39, 0.29) is 17.4 Å². The highest BCUT2D eigenvalue weighted by Crippen LogP contribution is 2.38. The number of amides is 1. The van der Waals surface area contributed by atoms with Gasteiger partial charge in [0.25, 0.3) is 0 Å². The molecule has 1 spiro atoms. The number of likely N-dealkylation sites (tertiary alicyclic amines) is 1. The SMILES string of the molecule is C[C@H]1COc2ccccc2CCCCC2(CCN(Cc3cccnc3)CC2)C(=O)N1. The Kier molecular flexibility index (Phi) is 6.68. The minimum absolute atomic E-state index is 0.00437. The van der Waals surface area contributed by atoms with E-state index in [9.17, 15) is 4.79 Å². The van der Waals surface area contributed by atoms with Gasteiger partial charge < -0.3 is 10.1 Å². The Morgan fingerprint density at radius 2 is 1.97 bits per heavy atom. The Hall–Kier alpha value is -2.40. The molecule has 1 aromatic heterocycles. The summed E-state index contributed by atoms with van der Waals surface area (Å²) in [6, 6.07) is 12.4. The molecule has 5 nitrogen and oxygen atoms in total. The van der Waals surface area contributed by atoms with Crippen LogP contribution in [0.1, 0.15) is 50.2 Å². The number of aromatic nitrogens is 1. The van der Waals surface area contributed by atoms with E-state index in [1.165, 1.54) is 11.1 Å². The first-order valence-electron chi connectivity index (χ1n) is 11.3. The van der Waals surface area contributed by atoms with Crippen LogP contribution >= 0.6 is 0 Å². The summed E-state index contributed by atoms with van der Waals surface area (Å²) < 4.78 is 6.05. The van der Waals surface area contributed by atoms with Crippen LogP contribution in [0, 0.1) is 5.41 Å². The monoisotopic (exact) mass is 407 g/mol. The second kappa shape index (κ2) is 9.61. The van der Waals surface area contributed by atoms with Crippen LogP contribution in [-0.2, 0) is 17.8 Å². The molecule has 0 bridgehead atoms. The van der Waals surface area contributed by atoms with Gasteiger partial charge in [0.2, 0.25) is 5.91 Å². The second-order valence-electron chi connectivity index (χ2n) is 8.92. The van der Waals surface area contributed by atoms with Crippen molar-refractivity contribution in [2.45, 2.75) is 58.0 Å². The number of hydrogen-bond acceptors (Lipinski definition) is 4. The van der Waals surface area contributed by atoms with Gasteiger partial charge >= 0.3 is 0 Å². The molecule has 1 amide bonds. The van der Waals surface area contributed by atoms with Crippen molar-refractivity contribution in [3.05, 3.63) is 59.9 Å². The van der Waals surface area contributed by atoms with Gasteiger partial charge in [0.15, 0.2) is 0 Å². The van der Waals surface area contributed by atoms with Crippen molar-refractivity contribution < 1.29 is 9.53 Å². The van der Waals surface area contributed by atoms with Crippen molar-refractivity contribution in [1.82, 2.24) is 15.2 Å². The lowest BCUT2D eigenvalue weighted by atomic mass is 9.73. The first kappa shape index (κ1) is 20.9. The molecule has 1 N–H and O–H groups in total. The molecule has 0 aliphatic carbocycles. The smallest absolute Gasteiger partial charge is 0.226 e. The molecule has 1 saturated heterocycles. The number of carbonyl (C=O) groups is 1. The molecule has 30 heavy (non-hydrogen) atoms. The van der Waals surface area contributed by atoms with E-state index in [0.29, 0.717) is 6.61 Å². The highest BCUT2D eigenvalue weighted by atomic mass is 16.5. The maximum absolute atomic E-state index is 13.3. The molecular weight excluding hydrogens is 374 g/mol. The molecular formula is C25H33N3O2. The summed E-state index contributed by atoms with van der Waals surface area (Å²) in [5.41, 5.74) is 2.26. The van der Waals surface area contributed by atoms with Gasteiger partial charge in [-0.3, -0.25) is 14.7 Å². The predicted molar refractivity (Wildman–Crippen MR) is 118 cm³/mol. The quantitative estimate of drug-likeness (QED) is 0.818. The lowest BCUT2D eigenvalue weighted by Crippen LogP contribution is -2.51. The summed E-state index contributed by atoms with van der Waals surface area (Å²) in [7, 11) is 0. The zero-order valence-corrected chi connectivity index (χ0v) is 18.0. The van der Waals surface area contributed by atoms with Gasteiger partial charge in [0, 0.05) is 18.9 Å². The van der Waals surface area contributed by atoms with Crippen molar-refractivity contribution in [3.63, 3.8) is 0 Å². The molecule has 0 radical (unpaired) electrons. The first-order valence-corrected chi connectivity index (χ1v) is 11.3. The molecule has 2 aliphatic rings. The van der Waals surface area contributed by atoms with Crippen molar-refractivity contribution in [1.29, 1.82) is 0 Å². The van der Waals surface area contributed by atoms with Crippen molar-refractivity contribution in [3.8, 4) is 5.75 Å². The molecule has 1 fully saturated rings. The number of nitrogens with one attached hydrogen (secondary N) is 1. The number of pyridine rings is 1. The molecule has 1 aromatic carbocycles. The molecule has 160 valence electrons. The third kappa shape index (κ3) is 5.01. The van der Waals surface area contributed by atoms with Gasteiger partial charge in [0.1, 0.15) is 12.4 Å². The van der Waals surface area contributed by atoms with Crippen LogP contribution in [0.2, 0.25) is 0 Å². The highest BCUT2D eigenvalue weighted by Gasteiger charge is 2.41. The van der Waals surface area contributed by atoms with E-state index < -0.39 is 0 Å². The third-order valence-corrected chi connectivity index (χ3v) is 6.61. The van der Waals surface area contributed by atoms with E-state index in [1.54, 1.807) is 0 Å². The second-order valence-corrected chi connectivity index (χ2v) is 8.92. The number of rotatable bonds is 2. The largest absolute Gasteiger partial charge is 0.491 e. The molecule has 4 rings (SSSR count). The lowest BCUT2D eigenvalue weighted by molar-refractivity contribution is -0.135. The zero-order valence-electron chi connectivity index (χ0n) is 18.0. The maximum Gasteiger partial charge on any atom is 0.226 e. The fourth-order valence-corrected chi connectivity index (χ4v) is 4.74. The summed E-state index contributed by atoms with van der Waals surface area (Å²) >= 11 is 0. The summed E-state index contributed by atoms with van der Waals surface area (Å²) in [5, 5.41) is 3.26. The standard InChI is InChI=1S/C25H33N3O2/c1-20-19-30-23-10-3-2-8-22(23)9-4-5-11-25(24(29)27-20)12-15-28(16-13-25)18-21-7-6-14-26-17-21/h2-3,6-8,10,14,17,20H,4-5,9,11-13,15-16,18-19H2,1H3,(H,27,29)/t20-/m0/s1. The van der Waals surface area contributed by atoms with Crippen LogP contribution < -0.4 is 10.1 Å². The Bertz CT molecular complexity index is 831. The van der Waals surface area contributed by atoms with Crippen LogP contribution in [0.25, 0.3) is 0 Å². The molecule has 3 heterocycles. The number of fused-ring (bicyclic) bond motifs is 1. The molecule has 5 heteroatoms. The van der Waals surface area contributed by atoms with Crippen LogP contribution in [0.5, 0.6) is 5.75 Å². The van der Waals surface area contributed by atoms with Crippen molar-refractivity contribution >= 4 is 5.91 Å². The van der Waals surface area contributed by atoms with Gasteiger partial charge in [-0.15, -0.1) is 0 Å². The van der Waals surface area contributed by atoms with Crippen LogP contribution in [0.15, 0.2) is 48.8 Å². The van der Waals surface area contributed by atoms with Crippen molar-refractivity contribution in [2.75, 3.05) is 19.7 Å². The Morgan fingerprint density at radius 1 is 1.13 bits per heavy atom. The van der Waals surface area contributed by atoms with E-state index in [1.807, 2.05) is 37.5 Å². The zero-order chi connectivity index (χ0) is 20.8. The summed E-state index contributed by atoms with van der Waals surface area (Å²) in [6.07, 6.45) is 9.72. The highest BCUT2D eigenvalue weighted by molar-refractivity contribution is 5.83. The first-order chi connectivity index (χ1) is 14.6. The van der Waals surface area contributed by atoms with Crippen LogP contribution in [0.4, 0.5) is 0 Å². The number of aryl methyl sites for hydroxylation is 1. The Balaban J connectivity index is 1.42.